The molecule has 1 heterocycles. The Morgan fingerprint density at radius 2 is 2.27 bits per heavy atom. The molecule has 11 heavy (non-hydrogen) atoms. The van der Waals surface area contributed by atoms with Gasteiger partial charge in [-0.05, 0) is 0 Å². The third-order valence-electron chi connectivity index (χ3n) is 0.978. The van der Waals surface area contributed by atoms with Crippen molar-refractivity contribution in [3.63, 3.8) is 0 Å². The second kappa shape index (κ2) is 3.64. The van der Waals surface area contributed by atoms with Crippen molar-refractivity contribution in [2.24, 2.45) is 4.99 Å². The fourth-order valence-corrected chi connectivity index (χ4v) is 0.930. The molecule has 1 aromatic heterocycles. The first-order chi connectivity index (χ1) is 5.24. The summed E-state index contributed by atoms with van der Waals surface area (Å²) in [5.74, 6) is 0. The molecule has 0 saturated carbocycles. The maximum atomic E-state index is 5.66. The van der Waals surface area contributed by atoms with E-state index in [9.17, 15) is 0 Å². The van der Waals surface area contributed by atoms with Crippen LogP contribution in [-0.2, 0) is 0 Å². The highest BCUT2D eigenvalue weighted by Gasteiger charge is 1.99. The van der Waals surface area contributed by atoms with Gasteiger partial charge in [-0.15, -0.1) is 0 Å². The minimum Gasteiger partial charge on any atom is -0.294 e. The molecular formula is C6H5Cl2N3. The summed E-state index contributed by atoms with van der Waals surface area (Å²) in [5, 5.41) is 0.548. The molecule has 0 aliphatic rings. The first-order valence-electron chi connectivity index (χ1n) is 2.84. The fraction of sp³-hybridized carbons (Fsp3) is 0.167. The van der Waals surface area contributed by atoms with Crippen LogP contribution in [0.5, 0.6) is 0 Å². The topological polar surface area (TPSA) is 38.1 Å². The monoisotopic (exact) mass is 189 g/mol. The van der Waals surface area contributed by atoms with E-state index >= 15 is 0 Å². The maximum Gasteiger partial charge on any atom is 0.158 e. The number of aromatic nitrogens is 2. The lowest BCUT2D eigenvalue weighted by Crippen LogP contribution is -1.91. The van der Waals surface area contributed by atoms with Gasteiger partial charge >= 0.3 is 0 Å². The Morgan fingerprint density at radius 3 is 2.82 bits per heavy atom. The summed E-state index contributed by atoms with van der Waals surface area (Å²) in [6.07, 6.45) is 2.94. The van der Waals surface area contributed by atoms with Crippen LogP contribution >= 0.6 is 23.2 Å². The Kier molecular flexibility index (Phi) is 2.79. The lowest BCUT2D eigenvalue weighted by molar-refractivity contribution is 1.18. The minimum atomic E-state index is 0.267. The molecule has 0 aromatic carbocycles. The quantitative estimate of drug-likeness (QED) is 0.633. The number of hydrogen-bond acceptors (Lipinski definition) is 3. The van der Waals surface area contributed by atoms with E-state index in [1.807, 2.05) is 0 Å². The highest BCUT2D eigenvalue weighted by Crippen LogP contribution is 2.11. The van der Waals surface area contributed by atoms with Gasteiger partial charge in [0.05, 0.1) is 6.20 Å². The van der Waals surface area contributed by atoms with Gasteiger partial charge in [0.15, 0.2) is 5.15 Å². The van der Waals surface area contributed by atoms with Gasteiger partial charge in [-0.2, -0.15) is 0 Å². The third-order valence-corrected chi connectivity index (χ3v) is 1.44. The van der Waals surface area contributed by atoms with Crippen molar-refractivity contribution in [2.45, 2.75) is 0 Å². The molecule has 0 spiro atoms. The van der Waals surface area contributed by atoms with E-state index in [0.29, 0.717) is 5.69 Å². The highest BCUT2D eigenvalue weighted by atomic mass is 35.5. The van der Waals surface area contributed by atoms with Crippen LogP contribution in [0.4, 0.5) is 0 Å². The number of aliphatic imine (C=N–C) groups is 1. The van der Waals surface area contributed by atoms with E-state index in [2.05, 4.69) is 15.0 Å². The number of rotatable bonds is 1. The lowest BCUT2D eigenvalue weighted by Gasteiger charge is -1.94. The summed E-state index contributed by atoms with van der Waals surface area (Å²) in [6, 6.07) is 0. The molecule has 0 atom stereocenters. The van der Waals surface area contributed by atoms with Crippen molar-refractivity contribution in [1.82, 2.24) is 9.97 Å². The molecule has 0 N–H and O–H groups in total. The van der Waals surface area contributed by atoms with Crippen LogP contribution in [0, 0.1) is 0 Å². The van der Waals surface area contributed by atoms with Crippen LogP contribution in [-0.4, -0.2) is 23.2 Å². The molecule has 58 valence electrons. The molecule has 0 amide bonds. The van der Waals surface area contributed by atoms with Crippen molar-refractivity contribution in [1.29, 1.82) is 0 Å². The summed E-state index contributed by atoms with van der Waals surface area (Å²) in [6.45, 7) is 0. The molecule has 0 aliphatic heterocycles. The number of nitrogens with zero attached hydrogens (tertiary/aromatic N) is 3. The van der Waals surface area contributed by atoms with Gasteiger partial charge < -0.3 is 0 Å². The van der Waals surface area contributed by atoms with Gasteiger partial charge in [0.1, 0.15) is 10.8 Å². The van der Waals surface area contributed by atoms with Crippen LogP contribution in [0.15, 0.2) is 11.2 Å². The Bertz CT molecular complexity index is 285. The van der Waals surface area contributed by atoms with Gasteiger partial charge in [0.25, 0.3) is 0 Å². The molecule has 0 aliphatic carbocycles. The SMILES string of the molecule is CN=Cc1ncc(Cl)nc1Cl. The Hall–Kier alpha value is -0.670. The predicted octanol–water partition coefficient (Wildman–Crippen LogP) is 1.83. The first kappa shape index (κ1) is 8.43. The molecule has 3 nitrogen and oxygen atoms in total. The zero-order chi connectivity index (χ0) is 8.27. The Labute approximate surface area is 74.1 Å². The average molecular weight is 190 g/mol. The minimum absolute atomic E-state index is 0.267. The summed E-state index contributed by atoms with van der Waals surface area (Å²) < 4.78 is 0. The van der Waals surface area contributed by atoms with Gasteiger partial charge in [-0.25, -0.2) is 9.97 Å². The van der Waals surface area contributed by atoms with Crippen molar-refractivity contribution in [2.75, 3.05) is 7.05 Å². The molecule has 5 heteroatoms. The average Bonchev–Trinajstić information content (AvgIpc) is 1.95. The third kappa shape index (κ3) is 2.13. The van der Waals surface area contributed by atoms with E-state index in [0.717, 1.165) is 0 Å². The van der Waals surface area contributed by atoms with Crippen LogP contribution in [0.3, 0.4) is 0 Å². The second-order valence-electron chi connectivity index (χ2n) is 1.76. The molecule has 0 fully saturated rings. The van der Waals surface area contributed by atoms with Gasteiger partial charge in [-0.3, -0.25) is 4.99 Å². The van der Waals surface area contributed by atoms with Crippen LogP contribution in [0.2, 0.25) is 10.3 Å². The smallest absolute Gasteiger partial charge is 0.158 e. The summed E-state index contributed by atoms with van der Waals surface area (Å²) in [5.41, 5.74) is 0.526. The molecule has 0 radical (unpaired) electrons. The fourth-order valence-electron chi connectivity index (χ4n) is 0.565. The van der Waals surface area contributed by atoms with E-state index in [4.69, 9.17) is 23.2 Å². The summed E-state index contributed by atoms with van der Waals surface area (Å²) in [7, 11) is 1.63. The number of halogens is 2. The van der Waals surface area contributed by atoms with Crippen molar-refractivity contribution in [3.05, 3.63) is 22.2 Å². The van der Waals surface area contributed by atoms with Crippen molar-refractivity contribution < 1.29 is 0 Å². The molecular weight excluding hydrogens is 185 g/mol. The molecule has 0 bridgehead atoms. The first-order valence-corrected chi connectivity index (χ1v) is 3.60. The normalized spacial score (nSPS) is 10.8. The van der Waals surface area contributed by atoms with E-state index in [-0.39, 0.29) is 10.3 Å². The Balaban J connectivity index is 3.09. The van der Waals surface area contributed by atoms with E-state index < -0.39 is 0 Å². The van der Waals surface area contributed by atoms with Gasteiger partial charge in [0, 0.05) is 13.3 Å². The van der Waals surface area contributed by atoms with E-state index in [1.54, 1.807) is 7.05 Å². The van der Waals surface area contributed by atoms with E-state index in [1.165, 1.54) is 12.4 Å². The number of hydrogen-bond donors (Lipinski definition) is 0. The lowest BCUT2D eigenvalue weighted by atomic mass is 10.5. The standard InChI is InChI=1S/C6H5Cl2N3/c1-9-2-4-6(8)11-5(7)3-10-4/h2-3H,1H3. The molecule has 1 rings (SSSR count). The van der Waals surface area contributed by atoms with Crippen molar-refractivity contribution >= 4 is 29.4 Å². The molecule has 1 aromatic rings. The van der Waals surface area contributed by atoms with Gasteiger partial charge in [-0.1, -0.05) is 23.2 Å². The molecule has 0 saturated heterocycles. The Morgan fingerprint density at radius 1 is 1.55 bits per heavy atom. The van der Waals surface area contributed by atoms with Gasteiger partial charge in [0.2, 0.25) is 0 Å². The zero-order valence-electron chi connectivity index (χ0n) is 5.75. The van der Waals surface area contributed by atoms with Crippen molar-refractivity contribution in [3.8, 4) is 0 Å². The van der Waals surface area contributed by atoms with Crippen LogP contribution in [0.25, 0.3) is 0 Å². The summed E-state index contributed by atoms with van der Waals surface area (Å²) in [4.78, 5) is 11.4. The van der Waals surface area contributed by atoms with Crippen LogP contribution in [0.1, 0.15) is 5.69 Å². The largest absolute Gasteiger partial charge is 0.294 e. The second-order valence-corrected chi connectivity index (χ2v) is 2.50. The zero-order valence-corrected chi connectivity index (χ0v) is 7.26. The molecule has 0 unspecified atom stereocenters. The predicted molar refractivity (Wildman–Crippen MR) is 45.6 cm³/mol. The van der Waals surface area contributed by atoms with Crippen LogP contribution < -0.4 is 0 Å². The maximum absolute atomic E-state index is 5.66. The highest BCUT2D eigenvalue weighted by molar-refractivity contribution is 6.33. The summed E-state index contributed by atoms with van der Waals surface area (Å²) >= 11 is 11.2.